The van der Waals surface area contributed by atoms with Gasteiger partial charge in [-0.2, -0.15) is 5.10 Å². The fourth-order valence-corrected chi connectivity index (χ4v) is 2.72. The fourth-order valence-electron chi connectivity index (χ4n) is 2.72. The summed E-state index contributed by atoms with van der Waals surface area (Å²) in [6.45, 7) is 0.0481. The molecule has 0 spiro atoms. The van der Waals surface area contributed by atoms with Crippen molar-refractivity contribution in [1.29, 1.82) is 0 Å². The highest BCUT2D eigenvalue weighted by Crippen LogP contribution is 2.16. The van der Waals surface area contributed by atoms with Crippen LogP contribution in [0, 0.1) is 11.6 Å². The van der Waals surface area contributed by atoms with E-state index in [9.17, 15) is 13.6 Å². The minimum absolute atomic E-state index is 0.0481. The number of fused-ring (bicyclic) bond motifs is 1. The van der Waals surface area contributed by atoms with Crippen molar-refractivity contribution >= 4 is 23.1 Å². The van der Waals surface area contributed by atoms with Gasteiger partial charge < -0.3 is 10.6 Å². The van der Waals surface area contributed by atoms with Gasteiger partial charge in [0.05, 0.1) is 6.20 Å². The zero-order valence-electron chi connectivity index (χ0n) is 14.6. The number of nitrogens with zero attached hydrogens (tertiary/aromatic N) is 3. The van der Waals surface area contributed by atoms with Crippen LogP contribution in [0.15, 0.2) is 67.0 Å². The van der Waals surface area contributed by atoms with Gasteiger partial charge in [-0.25, -0.2) is 18.3 Å². The number of anilines is 2. The second-order valence-corrected chi connectivity index (χ2v) is 6.03. The molecular formula is C20H15F2N5O. The first kappa shape index (κ1) is 17.6. The molecule has 0 saturated heterocycles. The van der Waals surface area contributed by atoms with E-state index in [2.05, 4.69) is 20.7 Å². The minimum Gasteiger partial charge on any atom is -0.366 e. The Hall–Kier alpha value is -3.81. The van der Waals surface area contributed by atoms with Gasteiger partial charge in [0.2, 0.25) is 0 Å². The van der Waals surface area contributed by atoms with E-state index < -0.39 is 11.6 Å². The Morgan fingerprint density at radius 3 is 2.68 bits per heavy atom. The van der Waals surface area contributed by atoms with Crippen LogP contribution in [-0.2, 0) is 6.54 Å². The van der Waals surface area contributed by atoms with Crippen molar-refractivity contribution in [3.05, 3.63) is 89.8 Å². The summed E-state index contributed by atoms with van der Waals surface area (Å²) in [4.78, 5) is 16.9. The highest BCUT2D eigenvalue weighted by molar-refractivity contribution is 6.08. The van der Waals surface area contributed by atoms with Gasteiger partial charge in [0.1, 0.15) is 11.4 Å². The number of aromatic nitrogens is 3. The topological polar surface area (TPSA) is 71.3 Å². The molecule has 2 N–H and O–H groups in total. The van der Waals surface area contributed by atoms with E-state index in [-0.39, 0.29) is 18.0 Å². The number of para-hydroxylation sites is 1. The Morgan fingerprint density at radius 1 is 1.04 bits per heavy atom. The second kappa shape index (κ2) is 7.43. The number of amides is 1. The van der Waals surface area contributed by atoms with Crippen LogP contribution in [0.25, 0.3) is 5.65 Å². The summed E-state index contributed by atoms with van der Waals surface area (Å²) in [5, 5.41) is 9.84. The molecule has 4 rings (SSSR count). The van der Waals surface area contributed by atoms with Gasteiger partial charge in [-0.05, 0) is 24.3 Å². The third-order valence-corrected chi connectivity index (χ3v) is 4.14. The van der Waals surface area contributed by atoms with E-state index in [0.717, 1.165) is 6.07 Å². The molecule has 0 aliphatic heterocycles. The molecule has 0 atom stereocenters. The summed E-state index contributed by atoms with van der Waals surface area (Å²) in [7, 11) is 0. The van der Waals surface area contributed by atoms with E-state index in [1.165, 1.54) is 22.8 Å². The van der Waals surface area contributed by atoms with E-state index in [0.29, 0.717) is 22.7 Å². The third-order valence-electron chi connectivity index (χ3n) is 4.14. The van der Waals surface area contributed by atoms with Gasteiger partial charge in [0.15, 0.2) is 17.3 Å². The molecule has 0 fully saturated rings. The molecule has 0 saturated carbocycles. The molecular weight excluding hydrogens is 364 g/mol. The molecule has 2 aromatic carbocycles. The van der Waals surface area contributed by atoms with Gasteiger partial charge >= 0.3 is 0 Å². The number of halogens is 2. The van der Waals surface area contributed by atoms with Gasteiger partial charge in [-0.1, -0.05) is 30.3 Å². The summed E-state index contributed by atoms with van der Waals surface area (Å²) in [6.07, 6.45) is 3.06. The zero-order chi connectivity index (χ0) is 19.5. The quantitative estimate of drug-likeness (QED) is 0.552. The Balaban J connectivity index is 1.56. The highest BCUT2D eigenvalue weighted by atomic mass is 19.2. The number of hydrogen-bond acceptors (Lipinski definition) is 4. The van der Waals surface area contributed by atoms with Crippen molar-refractivity contribution in [2.24, 2.45) is 0 Å². The molecule has 8 heteroatoms. The molecule has 28 heavy (non-hydrogen) atoms. The molecule has 140 valence electrons. The first-order valence-corrected chi connectivity index (χ1v) is 8.49. The molecule has 0 aliphatic carbocycles. The number of carbonyl (C=O) groups is 1. The molecule has 4 aromatic rings. The van der Waals surface area contributed by atoms with Crippen LogP contribution in [0.2, 0.25) is 0 Å². The monoisotopic (exact) mass is 379 g/mol. The lowest BCUT2D eigenvalue weighted by Crippen LogP contribution is -2.12. The maximum absolute atomic E-state index is 13.8. The highest BCUT2D eigenvalue weighted by Gasteiger charge is 2.15. The average Bonchev–Trinajstić information content (AvgIpc) is 3.13. The van der Waals surface area contributed by atoms with Crippen molar-refractivity contribution in [2.75, 3.05) is 10.6 Å². The van der Waals surface area contributed by atoms with Crippen LogP contribution in [0.1, 0.15) is 15.9 Å². The third kappa shape index (κ3) is 3.52. The van der Waals surface area contributed by atoms with Crippen LogP contribution in [0.3, 0.4) is 0 Å². The lowest BCUT2D eigenvalue weighted by atomic mass is 10.2. The molecule has 0 radical (unpaired) electrons. The molecule has 0 aliphatic rings. The number of hydrogen-bond donors (Lipinski definition) is 2. The molecule has 0 bridgehead atoms. The Kier molecular flexibility index (Phi) is 4.67. The van der Waals surface area contributed by atoms with Gasteiger partial charge in [-0.3, -0.25) is 4.79 Å². The Labute approximate surface area is 158 Å². The van der Waals surface area contributed by atoms with Crippen LogP contribution < -0.4 is 10.6 Å². The predicted molar refractivity (Wildman–Crippen MR) is 101 cm³/mol. The predicted octanol–water partition coefficient (Wildman–Crippen LogP) is 3.87. The Bertz CT molecular complexity index is 1140. The minimum atomic E-state index is -0.904. The number of benzene rings is 2. The molecule has 0 unspecified atom stereocenters. The molecule has 1 amide bonds. The molecule has 6 nitrogen and oxygen atoms in total. The number of rotatable bonds is 5. The zero-order valence-corrected chi connectivity index (χ0v) is 14.6. The molecule has 2 heterocycles. The summed E-state index contributed by atoms with van der Waals surface area (Å²) in [6, 6.07) is 14.7. The van der Waals surface area contributed by atoms with Crippen LogP contribution in [0.4, 0.5) is 20.3 Å². The SMILES string of the molecule is O=C(Nc1ccccc1)c1cnn2ccc(NCc3cccc(F)c3F)nc12. The maximum Gasteiger partial charge on any atom is 0.261 e. The summed E-state index contributed by atoms with van der Waals surface area (Å²) in [5.74, 6) is -1.74. The van der Waals surface area contributed by atoms with Crippen LogP contribution >= 0.6 is 0 Å². The van der Waals surface area contributed by atoms with E-state index in [4.69, 9.17) is 0 Å². The van der Waals surface area contributed by atoms with Crippen molar-refractivity contribution < 1.29 is 13.6 Å². The lowest BCUT2D eigenvalue weighted by molar-refractivity contribution is 0.102. The van der Waals surface area contributed by atoms with Gasteiger partial charge in [0, 0.05) is 24.0 Å². The lowest BCUT2D eigenvalue weighted by Gasteiger charge is -2.08. The largest absolute Gasteiger partial charge is 0.366 e. The number of nitrogens with one attached hydrogen (secondary N) is 2. The first-order valence-electron chi connectivity index (χ1n) is 8.49. The summed E-state index contributed by atoms with van der Waals surface area (Å²) < 4.78 is 28.6. The van der Waals surface area contributed by atoms with Crippen molar-refractivity contribution in [2.45, 2.75) is 6.54 Å². The van der Waals surface area contributed by atoms with Gasteiger partial charge in [0.25, 0.3) is 5.91 Å². The smallest absolute Gasteiger partial charge is 0.261 e. The average molecular weight is 379 g/mol. The van der Waals surface area contributed by atoms with E-state index in [1.54, 1.807) is 24.4 Å². The fraction of sp³-hybridized carbons (Fsp3) is 0.0500. The summed E-state index contributed by atoms with van der Waals surface area (Å²) in [5.41, 5.74) is 1.47. The van der Waals surface area contributed by atoms with Crippen molar-refractivity contribution in [3.63, 3.8) is 0 Å². The maximum atomic E-state index is 13.8. The van der Waals surface area contributed by atoms with Crippen molar-refractivity contribution in [1.82, 2.24) is 14.6 Å². The van der Waals surface area contributed by atoms with Crippen LogP contribution in [-0.4, -0.2) is 20.5 Å². The molecule has 2 aromatic heterocycles. The van der Waals surface area contributed by atoms with Crippen molar-refractivity contribution in [3.8, 4) is 0 Å². The second-order valence-electron chi connectivity index (χ2n) is 6.03. The van der Waals surface area contributed by atoms with Crippen LogP contribution in [0.5, 0.6) is 0 Å². The first-order chi connectivity index (χ1) is 13.6. The Morgan fingerprint density at radius 2 is 1.86 bits per heavy atom. The number of carbonyl (C=O) groups excluding carboxylic acids is 1. The normalized spacial score (nSPS) is 10.8. The standard InChI is InChI=1S/C20H15F2N5O/c21-16-8-4-5-13(18(16)22)11-23-17-9-10-27-19(26-17)15(12-24-27)20(28)25-14-6-2-1-3-7-14/h1-10,12H,11H2,(H,23,26)(H,25,28). The van der Waals surface area contributed by atoms with Gasteiger partial charge in [-0.15, -0.1) is 0 Å². The summed E-state index contributed by atoms with van der Waals surface area (Å²) >= 11 is 0. The van der Waals surface area contributed by atoms with E-state index >= 15 is 0 Å². The van der Waals surface area contributed by atoms with E-state index in [1.807, 2.05) is 18.2 Å².